The van der Waals surface area contributed by atoms with Crippen molar-refractivity contribution >= 4 is 0 Å². The molecule has 0 aromatic heterocycles. The lowest BCUT2D eigenvalue weighted by Gasteiger charge is -2.51. The van der Waals surface area contributed by atoms with Crippen LogP contribution in [-0.2, 0) is 0 Å². The lowest BCUT2D eigenvalue weighted by Crippen LogP contribution is -2.59. The van der Waals surface area contributed by atoms with Crippen LogP contribution in [0.1, 0.15) is 59.8 Å². The molecule has 1 spiro atoms. The molecule has 4 aliphatic rings. The van der Waals surface area contributed by atoms with Gasteiger partial charge in [0.05, 0.1) is 29.5 Å². The van der Waals surface area contributed by atoms with Crippen LogP contribution >= 0.6 is 0 Å². The van der Waals surface area contributed by atoms with Crippen LogP contribution < -0.4 is 0 Å². The largest absolute Gasteiger partial charge is 0.392 e. The molecule has 3 saturated carbocycles. The van der Waals surface area contributed by atoms with Gasteiger partial charge in [-0.05, 0) is 57.1 Å². The van der Waals surface area contributed by atoms with Gasteiger partial charge < -0.3 is 30.6 Å². The van der Waals surface area contributed by atoms with E-state index in [1.165, 1.54) is 0 Å². The molecule has 3 fully saturated rings. The van der Waals surface area contributed by atoms with Crippen LogP contribution in [-0.4, -0.2) is 65.8 Å². The molecule has 4 rings (SSSR count). The third-order valence-corrected chi connectivity index (χ3v) is 8.85. The first kappa shape index (κ1) is 18.8. The highest BCUT2D eigenvalue weighted by atomic mass is 16.4. The normalized spacial score (nSPS) is 58.4. The van der Waals surface area contributed by atoms with Crippen molar-refractivity contribution in [2.45, 2.75) is 94.9 Å². The van der Waals surface area contributed by atoms with Gasteiger partial charge in [-0.3, -0.25) is 0 Å². The molecule has 2 bridgehead atoms. The molecule has 0 unspecified atom stereocenters. The highest BCUT2D eigenvalue weighted by Gasteiger charge is 2.74. The van der Waals surface area contributed by atoms with E-state index in [1.54, 1.807) is 27.7 Å². The summed E-state index contributed by atoms with van der Waals surface area (Å²) in [5.74, 6) is -0.362. The lowest BCUT2D eigenvalue weighted by molar-refractivity contribution is -0.182. The summed E-state index contributed by atoms with van der Waals surface area (Å²) in [7, 11) is 0. The Hall–Kier alpha value is -0.500. The average molecular weight is 368 g/mol. The minimum absolute atomic E-state index is 0.0230. The predicted molar refractivity (Wildman–Crippen MR) is 94.0 cm³/mol. The van der Waals surface area contributed by atoms with Crippen LogP contribution in [0.25, 0.3) is 0 Å². The first-order chi connectivity index (χ1) is 11.8. The Kier molecular flexibility index (Phi) is 3.56. The van der Waals surface area contributed by atoms with E-state index in [1.807, 2.05) is 0 Å². The van der Waals surface area contributed by atoms with Gasteiger partial charge in [0.15, 0.2) is 0 Å². The van der Waals surface area contributed by atoms with Crippen molar-refractivity contribution in [1.29, 1.82) is 0 Å². The van der Waals surface area contributed by atoms with E-state index >= 15 is 0 Å². The zero-order chi connectivity index (χ0) is 19.5. The summed E-state index contributed by atoms with van der Waals surface area (Å²) in [4.78, 5) is 0. The standard InChI is InChI=1S/C20H32O6/c1-10-12-7-13(21)16(2,3)20(12,26)14(22)8-18-9-17(4,24)11(15(18)23)5-6-19(10,18)25/h11,13-15,21-26H,5-9H2,1-4H3/t11-,13+,14-,15-,17-,18-,19+,20+/m1/s1. The number of rotatable bonds is 0. The summed E-state index contributed by atoms with van der Waals surface area (Å²) < 4.78 is 0. The Morgan fingerprint density at radius 3 is 2.19 bits per heavy atom. The molecular formula is C20H32O6. The molecule has 26 heavy (non-hydrogen) atoms. The summed E-state index contributed by atoms with van der Waals surface area (Å²) in [5.41, 5.74) is -5.32. The number of hydrogen-bond acceptors (Lipinski definition) is 6. The van der Waals surface area contributed by atoms with Crippen LogP contribution in [0.4, 0.5) is 0 Å². The summed E-state index contributed by atoms with van der Waals surface area (Å²) in [6, 6.07) is 0. The van der Waals surface area contributed by atoms with Crippen LogP contribution in [0, 0.1) is 16.7 Å². The Labute approximate surface area is 154 Å². The van der Waals surface area contributed by atoms with E-state index in [9.17, 15) is 30.6 Å². The van der Waals surface area contributed by atoms with Gasteiger partial charge in [-0.2, -0.15) is 0 Å². The summed E-state index contributed by atoms with van der Waals surface area (Å²) in [6.07, 6.45) is -1.89. The van der Waals surface area contributed by atoms with Crippen LogP contribution in [0.2, 0.25) is 0 Å². The second-order valence-corrected chi connectivity index (χ2v) is 10.2. The fourth-order valence-electron chi connectivity index (χ4n) is 7.05. The first-order valence-corrected chi connectivity index (χ1v) is 9.68. The number of hydrogen-bond donors (Lipinski definition) is 6. The number of fused-ring (bicyclic) bond motifs is 2. The minimum Gasteiger partial charge on any atom is -0.392 e. The van der Waals surface area contributed by atoms with E-state index in [2.05, 4.69) is 0 Å². The monoisotopic (exact) mass is 368 g/mol. The van der Waals surface area contributed by atoms with Crippen molar-refractivity contribution in [2.24, 2.45) is 16.7 Å². The van der Waals surface area contributed by atoms with Crippen molar-refractivity contribution in [3.63, 3.8) is 0 Å². The quantitative estimate of drug-likeness (QED) is 0.341. The molecule has 6 N–H and O–H groups in total. The lowest BCUT2D eigenvalue weighted by atomic mass is 9.58. The van der Waals surface area contributed by atoms with Crippen molar-refractivity contribution < 1.29 is 30.6 Å². The molecule has 4 aliphatic carbocycles. The first-order valence-electron chi connectivity index (χ1n) is 9.68. The van der Waals surface area contributed by atoms with Gasteiger partial charge in [0.2, 0.25) is 0 Å². The van der Waals surface area contributed by atoms with E-state index in [0.29, 0.717) is 24.0 Å². The molecule has 0 aromatic rings. The third-order valence-electron chi connectivity index (χ3n) is 8.85. The Balaban J connectivity index is 1.97. The highest BCUT2D eigenvalue weighted by molar-refractivity contribution is 5.44. The molecule has 6 heteroatoms. The van der Waals surface area contributed by atoms with E-state index in [-0.39, 0.29) is 25.2 Å². The Morgan fingerprint density at radius 2 is 1.58 bits per heavy atom. The van der Waals surface area contributed by atoms with Crippen LogP contribution in [0.5, 0.6) is 0 Å². The van der Waals surface area contributed by atoms with Gasteiger partial charge in [0, 0.05) is 16.7 Å². The molecule has 0 heterocycles. The van der Waals surface area contributed by atoms with E-state index < -0.39 is 45.9 Å². The molecule has 0 aromatic carbocycles. The van der Waals surface area contributed by atoms with Crippen LogP contribution in [0.15, 0.2) is 11.1 Å². The molecule has 0 radical (unpaired) electrons. The maximum atomic E-state index is 11.8. The Bertz CT molecular complexity index is 684. The molecule has 148 valence electrons. The van der Waals surface area contributed by atoms with Crippen LogP contribution in [0.3, 0.4) is 0 Å². The molecule has 0 saturated heterocycles. The van der Waals surface area contributed by atoms with Crippen molar-refractivity contribution in [1.82, 2.24) is 0 Å². The molecule has 8 atom stereocenters. The van der Waals surface area contributed by atoms with Gasteiger partial charge in [-0.15, -0.1) is 0 Å². The fraction of sp³-hybridized carbons (Fsp3) is 0.900. The second kappa shape index (κ2) is 4.91. The summed E-state index contributed by atoms with van der Waals surface area (Å²) in [6.45, 7) is 6.88. The maximum Gasteiger partial charge on any atom is 0.119 e. The zero-order valence-corrected chi connectivity index (χ0v) is 16.0. The SMILES string of the molecule is CC1=C2C[C@H](O)C(C)(C)[C@@]2(O)[C@H](O)C[C@]23C[C@@](C)(O)[C@H](CC[C@]12O)[C@H]3O. The average Bonchev–Trinajstić information content (AvgIpc) is 2.77. The van der Waals surface area contributed by atoms with Crippen molar-refractivity contribution in [3.05, 3.63) is 11.1 Å². The van der Waals surface area contributed by atoms with Gasteiger partial charge >= 0.3 is 0 Å². The molecule has 0 aliphatic heterocycles. The van der Waals surface area contributed by atoms with Crippen molar-refractivity contribution in [2.75, 3.05) is 0 Å². The molecule has 0 amide bonds. The third kappa shape index (κ3) is 1.75. The second-order valence-electron chi connectivity index (χ2n) is 10.2. The van der Waals surface area contributed by atoms with E-state index in [0.717, 1.165) is 0 Å². The maximum absolute atomic E-state index is 11.8. The van der Waals surface area contributed by atoms with Gasteiger partial charge in [0.1, 0.15) is 5.60 Å². The summed E-state index contributed by atoms with van der Waals surface area (Å²) >= 11 is 0. The molecular weight excluding hydrogens is 336 g/mol. The van der Waals surface area contributed by atoms with Gasteiger partial charge in [-0.1, -0.05) is 13.8 Å². The minimum atomic E-state index is -1.68. The van der Waals surface area contributed by atoms with Gasteiger partial charge in [0.25, 0.3) is 0 Å². The Morgan fingerprint density at radius 1 is 0.962 bits per heavy atom. The number of aliphatic hydroxyl groups is 6. The van der Waals surface area contributed by atoms with E-state index in [4.69, 9.17) is 0 Å². The smallest absolute Gasteiger partial charge is 0.119 e. The highest BCUT2D eigenvalue weighted by Crippen LogP contribution is 2.68. The fourth-order valence-corrected chi connectivity index (χ4v) is 7.05. The number of aliphatic hydroxyl groups excluding tert-OH is 3. The predicted octanol–water partition coefficient (Wildman–Crippen LogP) is 0.232. The summed E-state index contributed by atoms with van der Waals surface area (Å²) in [5, 5.41) is 67.1. The topological polar surface area (TPSA) is 121 Å². The molecule has 6 nitrogen and oxygen atoms in total. The zero-order valence-electron chi connectivity index (χ0n) is 16.0. The van der Waals surface area contributed by atoms with Crippen molar-refractivity contribution in [3.8, 4) is 0 Å². The van der Waals surface area contributed by atoms with Gasteiger partial charge in [-0.25, -0.2) is 0 Å².